The fourth-order valence-corrected chi connectivity index (χ4v) is 3.33. The molecule has 0 unspecified atom stereocenters. The highest BCUT2D eigenvalue weighted by Gasteiger charge is 2.30. The third kappa shape index (κ3) is 11.2. The molecule has 1 saturated heterocycles. The van der Waals surface area contributed by atoms with E-state index in [0.717, 1.165) is 52.1 Å². The molecule has 0 saturated carbocycles. The second-order valence-corrected chi connectivity index (χ2v) is 8.81. The predicted octanol–water partition coefficient (Wildman–Crippen LogP) is 2.02. The van der Waals surface area contributed by atoms with Crippen molar-refractivity contribution in [2.24, 2.45) is 4.99 Å². The number of piperazine rings is 1. The number of hydrogen-bond acceptors (Lipinski definition) is 5. The van der Waals surface area contributed by atoms with E-state index in [1.165, 1.54) is 0 Å². The topological polar surface area (TPSA) is 98.3 Å². The molecule has 0 bridgehead atoms. The van der Waals surface area contributed by atoms with Gasteiger partial charge in [0.15, 0.2) is 5.96 Å². The predicted molar refractivity (Wildman–Crippen MR) is 136 cm³/mol. The summed E-state index contributed by atoms with van der Waals surface area (Å²) in [6, 6.07) is 0. The molecule has 1 fully saturated rings. The normalized spacial score (nSPS) is 15.7. The van der Waals surface area contributed by atoms with Gasteiger partial charge in [-0.05, 0) is 33.6 Å². The van der Waals surface area contributed by atoms with Gasteiger partial charge in [0.2, 0.25) is 5.91 Å². The molecule has 1 rings (SSSR count). The molecule has 0 aromatic rings. The number of halogens is 1. The van der Waals surface area contributed by atoms with Crippen molar-refractivity contribution in [3.8, 4) is 0 Å². The molecule has 0 aromatic heterocycles. The number of aliphatic imine (C=N–C) groups is 1. The van der Waals surface area contributed by atoms with Crippen LogP contribution in [0.25, 0.3) is 0 Å². The van der Waals surface area contributed by atoms with Crippen LogP contribution < -0.4 is 16.0 Å². The maximum atomic E-state index is 12.3. The van der Waals surface area contributed by atoms with Crippen LogP contribution in [0.4, 0.5) is 4.79 Å². The lowest BCUT2D eigenvalue weighted by molar-refractivity contribution is -0.130. The van der Waals surface area contributed by atoms with Crippen molar-refractivity contribution in [2.75, 3.05) is 52.9 Å². The number of carbonyl (C=O) groups is 2. The molecule has 10 heteroatoms. The molecule has 1 heterocycles. The smallest absolute Gasteiger partial charge is 0.408 e. The first-order chi connectivity index (χ1) is 14.0. The highest BCUT2D eigenvalue weighted by Crippen LogP contribution is 2.16. The fourth-order valence-electron chi connectivity index (χ4n) is 3.33. The van der Waals surface area contributed by atoms with Gasteiger partial charge < -0.3 is 25.6 Å². The third-order valence-corrected chi connectivity index (χ3v) is 5.48. The van der Waals surface area contributed by atoms with Gasteiger partial charge in [0.25, 0.3) is 0 Å². The van der Waals surface area contributed by atoms with E-state index >= 15 is 0 Å². The Kier molecular flexibility index (Phi) is 13.4. The summed E-state index contributed by atoms with van der Waals surface area (Å²) in [7, 11) is 1.74. The standard InChI is InChI=1S/C21H42N6O3.HI/c1-8-21(9-2,25-19(29)30-20(4,5)6)16-24-18(22-7)23-10-11-26-12-14-27(15-13-26)17(3)28;/h8-16H2,1-7H3,(H,25,29)(H2,22,23,24);1H. The van der Waals surface area contributed by atoms with E-state index in [1.54, 1.807) is 14.0 Å². The first-order valence-corrected chi connectivity index (χ1v) is 11.0. The zero-order valence-electron chi connectivity index (χ0n) is 20.3. The van der Waals surface area contributed by atoms with Gasteiger partial charge in [-0.1, -0.05) is 13.8 Å². The number of guanidine groups is 1. The number of ether oxygens (including phenoxy) is 1. The molecule has 0 aliphatic carbocycles. The molecule has 0 atom stereocenters. The lowest BCUT2D eigenvalue weighted by Gasteiger charge is -2.35. The van der Waals surface area contributed by atoms with Crippen molar-refractivity contribution in [1.82, 2.24) is 25.8 Å². The molecule has 1 aliphatic heterocycles. The molecular weight excluding hydrogens is 511 g/mol. The van der Waals surface area contributed by atoms with Crippen LogP contribution in [-0.2, 0) is 9.53 Å². The maximum absolute atomic E-state index is 12.3. The van der Waals surface area contributed by atoms with Crippen LogP contribution in [-0.4, -0.2) is 91.8 Å². The quantitative estimate of drug-likeness (QED) is 0.241. The van der Waals surface area contributed by atoms with Gasteiger partial charge in [-0.15, -0.1) is 24.0 Å². The molecule has 2 amide bonds. The van der Waals surface area contributed by atoms with Crippen molar-refractivity contribution in [1.29, 1.82) is 0 Å². The Hall–Kier alpha value is -1.30. The molecule has 0 aromatic carbocycles. The molecule has 3 N–H and O–H groups in total. The Morgan fingerprint density at radius 1 is 1.03 bits per heavy atom. The summed E-state index contributed by atoms with van der Waals surface area (Å²) in [5.41, 5.74) is -0.943. The lowest BCUT2D eigenvalue weighted by Crippen LogP contribution is -2.57. The number of nitrogens with one attached hydrogen (secondary N) is 3. The maximum Gasteiger partial charge on any atom is 0.408 e. The molecular formula is C21H43IN6O3. The van der Waals surface area contributed by atoms with Crippen LogP contribution in [0.15, 0.2) is 4.99 Å². The monoisotopic (exact) mass is 554 g/mol. The van der Waals surface area contributed by atoms with Crippen LogP contribution in [0.3, 0.4) is 0 Å². The van der Waals surface area contributed by atoms with Gasteiger partial charge in [0.05, 0.1) is 5.54 Å². The molecule has 182 valence electrons. The van der Waals surface area contributed by atoms with Gasteiger partial charge in [-0.25, -0.2) is 4.79 Å². The third-order valence-electron chi connectivity index (χ3n) is 5.48. The molecule has 0 spiro atoms. The zero-order chi connectivity index (χ0) is 22.8. The summed E-state index contributed by atoms with van der Waals surface area (Å²) in [5, 5.41) is 9.71. The van der Waals surface area contributed by atoms with Crippen LogP contribution in [0.1, 0.15) is 54.4 Å². The van der Waals surface area contributed by atoms with Gasteiger partial charge in [-0.2, -0.15) is 0 Å². The van der Waals surface area contributed by atoms with Gasteiger partial charge in [0.1, 0.15) is 5.60 Å². The van der Waals surface area contributed by atoms with Gasteiger partial charge in [-0.3, -0.25) is 14.7 Å². The zero-order valence-corrected chi connectivity index (χ0v) is 22.7. The minimum atomic E-state index is -0.530. The summed E-state index contributed by atoms with van der Waals surface area (Å²) >= 11 is 0. The highest BCUT2D eigenvalue weighted by atomic mass is 127. The van der Waals surface area contributed by atoms with E-state index < -0.39 is 17.2 Å². The van der Waals surface area contributed by atoms with Crippen LogP contribution >= 0.6 is 24.0 Å². The van der Waals surface area contributed by atoms with Crippen LogP contribution in [0.2, 0.25) is 0 Å². The number of hydrogen-bond donors (Lipinski definition) is 3. The number of alkyl carbamates (subject to hydrolysis) is 1. The van der Waals surface area contributed by atoms with Crippen molar-refractivity contribution in [3.63, 3.8) is 0 Å². The Morgan fingerprint density at radius 3 is 2.06 bits per heavy atom. The number of nitrogens with zero attached hydrogens (tertiary/aromatic N) is 3. The van der Waals surface area contributed by atoms with E-state index in [9.17, 15) is 9.59 Å². The van der Waals surface area contributed by atoms with E-state index in [2.05, 4.69) is 39.7 Å². The average molecular weight is 555 g/mol. The SMILES string of the molecule is CCC(CC)(CNC(=NC)NCCN1CCN(C(C)=O)CC1)NC(=O)OC(C)(C)C.I. The van der Waals surface area contributed by atoms with Crippen LogP contribution in [0, 0.1) is 0 Å². The second kappa shape index (κ2) is 14.0. The van der Waals surface area contributed by atoms with E-state index in [0.29, 0.717) is 12.5 Å². The molecule has 1 aliphatic rings. The first-order valence-electron chi connectivity index (χ1n) is 11.0. The Morgan fingerprint density at radius 2 is 1.61 bits per heavy atom. The Labute approximate surface area is 205 Å². The Bertz CT molecular complexity index is 582. The van der Waals surface area contributed by atoms with Gasteiger partial charge in [0, 0.05) is 59.8 Å². The minimum absolute atomic E-state index is 0. The average Bonchev–Trinajstić information content (AvgIpc) is 2.68. The Balaban J connectivity index is 0.00000900. The van der Waals surface area contributed by atoms with Crippen molar-refractivity contribution >= 4 is 41.9 Å². The summed E-state index contributed by atoms with van der Waals surface area (Å²) in [5.74, 6) is 0.849. The summed E-state index contributed by atoms with van der Waals surface area (Å²) < 4.78 is 5.43. The van der Waals surface area contributed by atoms with Crippen molar-refractivity contribution in [3.05, 3.63) is 0 Å². The largest absolute Gasteiger partial charge is 0.444 e. The summed E-state index contributed by atoms with van der Waals surface area (Å²) in [6.45, 7) is 16.8. The lowest BCUT2D eigenvalue weighted by atomic mass is 9.93. The van der Waals surface area contributed by atoms with E-state index in [-0.39, 0.29) is 29.9 Å². The highest BCUT2D eigenvalue weighted by molar-refractivity contribution is 14.0. The van der Waals surface area contributed by atoms with E-state index in [4.69, 9.17) is 4.74 Å². The fraction of sp³-hybridized carbons (Fsp3) is 0.857. The number of carbonyl (C=O) groups excluding carboxylic acids is 2. The summed E-state index contributed by atoms with van der Waals surface area (Å²) in [4.78, 5) is 32.2. The molecule has 31 heavy (non-hydrogen) atoms. The molecule has 9 nitrogen and oxygen atoms in total. The number of rotatable bonds is 8. The minimum Gasteiger partial charge on any atom is -0.444 e. The number of amides is 2. The van der Waals surface area contributed by atoms with E-state index in [1.807, 2.05) is 25.7 Å². The van der Waals surface area contributed by atoms with Crippen molar-refractivity contribution in [2.45, 2.75) is 65.5 Å². The summed E-state index contributed by atoms with van der Waals surface area (Å²) in [6.07, 6.45) is 1.14. The molecule has 0 radical (unpaired) electrons. The van der Waals surface area contributed by atoms with Gasteiger partial charge >= 0.3 is 6.09 Å². The van der Waals surface area contributed by atoms with Crippen molar-refractivity contribution < 1.29 is 14.3 Å². The van der Waals surface area contributed by atoms with Crippen LogP contribution in [0.5, 0.6) is 0 Å². The first kappa shape index (κ1) is 29.7. The second-order valence-electron chi connectivity index (χ2n) is 8.81.